The van der Waals surface area contributed by atoms with Crippen LogP contribution in [0.5, 0.6) is 0 Å². The third-order valence-corrected chi connectivity index (χ3v) is 6.95. The van der Waals surface area contributed by atoms with Crippen LogP contribution in [-0.2, 0) is 16.6 Å². The van der Waals surface area contributed by atoms with Crippen LogP contribution >= 0.6 is 15.9 Å². The van der Waals surface area contributed by atoms with E-state index in [-0.39, 0.29) is 6.04 Å². The van der Waals surface area contributed by atoms with Gasteiger partial charge in [0.1, 0.15) is 0 Å². The van der Waals surface area contributed by atoms with E-state index in [9.17, 15) is 8.42 Å². The minimum absolute atomic E-state index is 0.0683. The third kappa shape index (κ3) is 2.72. The Morgan fingerprint density at radius 2 is 2.16 bits per heavy atom. The SMILES string of the molecule is Cc1cc(CN)cc(S(=O)(=O)N2CCCC2C)c1Br. The lowest BCUT2D eigenvalue weighted by Gasteiger charge is -2.22. The predicted molar refractivity (Wildman–Crippen MR) is 79.4 cm³/mol. The van der Waals surface area contributed by atoms with Gasteiger partial charge in [-0.3, -0.25) is 0 Å². The van der Waals surface area contributed by atoms with Crippen molar-refractivity contribution in [1.29, 1.82) is 0 Å². The zero-order chi connectivity index (χ0) is 14.2. The second-order valence-corrected chi connectivity index (χ2v) is 7.69. The summed E-state index contributed by atoms with van der Waals surface area (Å²) in [4.78, 5) is 0.335. The van der Waals surface area contributed by atoms with Crippen LogP contribution in [0.1, 0.15) is 30.9 Å². The van der Waals surface area contributed by atoms with Crippen LogP contribution in [0.15, 0.2) is 21.5 Å². The van der Waals surface area contributed by atoms with Gasteiger partial charge in [-0.1, -0.05) is 6.07 Å². The molecule has 1 atom stereocenters. The van der Waals surface area contributed by atoms with Crippen molar-refractivity contribution in [2.75, 3.05) is 6.54 Å². The molecule has 1 aliphatic rings. The molecule has 1 aromatic carbocycles. The first-order valence-electron chi connectivity index (χ1n) is 6.39. The highest BCUT2D eigenvalue weighted by Gasteiger charge is 2.34. The molecule has 1 aromatic rings. The normalized spacial score (nSPS) is 20.9. The molecule has 4 nitrogen and oxygen atoms in total. The van der Waals surface area contributed by atoms with Crippen LogP contribution in [0.4, 0.5) is 0 Å². The van der Waals surface area contributed by atoms with Gasteiger partial charge in [0.25, 0.3) is 0 Å². The first-order valence-corrected chi connectivity index (χ1v) is 8.62. The first kappa shape index (κ1) is 15.0. The van der Waals surface area contributed by atoms with Crippen molar-refractivity contribution < 1.29 is 8.42 Å². The van der Waals surface area contributed by atoms with Crippen molar-refractivity contribution in [2.24, 2.45) is 5.73 Å². The molecule has 0 radical (unpaired) electrons. The predicted octanol–water partition coefficient (Wildman–Crippen LogP) is 2.39. The summed E-state index contributed by atoms with van der Waals surface area (Å²) in [5.41, 5.74) is 7.37. The molecule has 1 unspecified atom stereocenters. The second kappa shape index (κ2) is 5.52. The van der Waals surface area contributed by atoms with E-state index in [1.807, 2.05) is 19.9 Å². The average molecular weight is 347 g/mol. The lowest BCUT2D eigenvalue weighted by molar-refractivity contribution is 0.408. The molecule has 1 saturated heterocycles. The number of benzene rings is 1. The second-order valence-electron chi connectivity index (χ2n) is 5.04. The summed E-state index contributed by atoms with van der Waals surface area (Å²) in [7, 11) is -3.44. The molecular formula is C13H19BrN2O2S. The van der Waals surface area contributed by atoms with Crippen LogP contribution in [0.3, 0.4) is 0 Å². The quantitative estimate of drug-likeness (QED) is 0.913. The van der Waals surface area contributed by atoms with Crippen LogP contribution < -0.4 is 5.73 Å². The number of halogens is 1. The van der Waals surface area contributed by atoms with Gasteiger partial charge in [0.05, 0.1) is 4.90 Å². The van der Waals surface area contributed by atoms with Crippen LogP contribution in [0.2, 0.25) is 0 Å². The van der Waals surface area contributed by atoms with Crippen LogP contribution in [0, 0.1) is 6.92 Å². The van der Waals surface area contributed by atoms with Crippen molar-refractivity contribution in [3.63, 3.8) is 0 Å². The molecule has 0 spiro atoms. The molecule has 1 fully saturated rings. The van der Waals surface area contributed by atoms with Crippen molar-refractivity contribution in [3.8, 4) is 0 Å². The van der Waals surface area contributed by atoms with Gasteiger partial charge < -0.3 is 5.73 Å². The topological polar surface area (TPSA) is 63.4 Å². The Hall–Kier alpha value is -0.430. The highest BCUT2D eigenvalue weighted by molar-refractivity contribution is 9.10. The van der Waals surface area contributed by atoms with Crippen LogP contribution in [-0.4, -0.2) is 25.3 Å². The fraction of sp³-hybridized carbons (Fsp3) is 0.538. The maximum absolute atomic E-state index is 12.7. The summed E-state index contributed by atoms with van der Waals surface area (Å²) in [5, 5.41) is 0. The van der Waals surface area contributed by atoms with Crippen molar-refractivity contribution >= 4 is 26.0 Å². The summed E-state index contributed by atoms with van der Waals surface area (Å²) >= 11 is 3.40. The Morgan fingerprint density at radius 3 is 2.68 bits per heavy atom. The minimum atomic E-state index is -3.44. The number of nitrogens with zero attached hydrogens (tertiary/aromatic N) is 1. The van der Waals surface area contributed by atoms with E-state index in [2.05, 4.69) is 15.9 Å². The number of aryl methyl sites for hydroxylation is 1. The van der Waals surface area contributed by atoms with Gasteiger partial charge in [0, 0.05) is 23.6 Å². The average Bonchev–Trinajstić information content (AvgIpc) is 2.79. The minimum Gasteiger partial charge on any atom is -0.326 e. The zero-order valence-electron chi connectivity index (χ0n) is 11.2. The Balaban J connectivity index is 2.54. The Bertz CT molecular complexity index is 587. The number of nitrogens with two attached hydrogens (primary N) is 1. The van der Waals surface area contributed by atoms with Crippen LogP contribution in [0.25, 0.3) is 0 Å². The molecule has 1 aliphatic heterocycles. The maximum Gasteiger partial charge on any atom is 0.244 e. The van der Waals surface area contributed by atoms with E-state index in [0.717, 1.165) is 24.0 Å². The van der Waals surface area contributed by atoms with Gasteiger partial charge in [-0.05, 0) is 59.8 Å². The standard InChI is InChI=1S/C13H19BrN2O2S/c1-9-6-11(8-15)7-12(13(9)14)19(17,18)16-5-3-4-10(16)2/h6-7,10H,3-5,8,15H2,1-2H3. The smallest absolute Gasteiger partial charge is 0.244 e. The summed E-state index contributed by atoms with van der Waals surface area (Å²) in [6.07, 6.45) is 1.85. The molecule has 2 rings (SSSR count). The summed E-state index contributed by atoms with van der Waals surface area (Å²) in [5.74, 6) is 0. The fourth-order valence-corrected chi connectivity index (χ4v) is 5.24. The fourth-order valence-electron chi connectivity index (χ4n) is 2.51. The van der Waals surface area contributed by atoms with Gasteiger partial charge in [-0.25, -0.2) is 8.42 Å². The lowest BCUT2D eigenvalue weighted by atomic mass is 10.1. The number of sulfonamides is 1. The van der Waals surface area contributed by atoms with Gasteiger partial charge in [-0.2, -0.15) is 4.31 Å². The van der Waals surface area contributed by atoms with Gasteiger partial charge >= 0.3 is 0 Å². The Morgan fingerprint density at radius 1 is 1.47 bits per heavy atom. The zero-order valence-corrected chi connectivity index (χ0v) is 13.6. The van der Waals surface area contributed by atoms with Crippen molar-refractivity contribution in [3.05, 3.63) is 27.7 Å². The maximum atomic E-state index is 12.7. The van der Waals surface area contributed by atoms with Gasteiger partial charge in [0.2, 0.25) is 10.0 Å². The van der Waals surface area contributed by atoms with E-state index in [1.165, 1.54) is 0 Å². The van der Waals surface area contributed by atoms with E-state index in [0.29, 0.717) is 22.5 Å². The third-order valence-electron chi connectivity index (χ3n) is 3.60. The molecule has 0 aromatic heterocycles. The van der Waals surface area contributed by atoms with Gasteiger partial charge in [0.15, 0.2) is 0 Å². The molecule has 106 valence electrons. The number of hydrogen-bond acceptors (Lipinski definition) is 3. The molecule has 2 N–H and O–H groups in total. The molecule has 0 bridgehead atoms. The Kier molecular flexibility index (Phi) is 4.35. The first-order chi connectivity index (χ1) is 8.87. The highest BCUT2D eigenvalue weighted by atomic mass is 79.9. The van der Waals surface area contributed by atoms with E-state index < -0.39 is 10.0 Å². The summed E-state index contributed by atoms with van der Waals surface area (Å²) in [6.45, 7) is 4.78. The monoisotopic (exact) mass is 346 g/mol. The molecule has 1 heterocycles. The van der Waals surface area contributed by atoms with E-state index in [1.54, 1.807) is 10.4 Å². The molecule has 19 heavy (non-hydrogen) atoms. The highest BCUT2D eigenvalue weighted by Crippen LogP contribution is 2.32. The number of hydrogen-bond donors (Lipinski definition) is 1. The molecule has 0 amide bonds. The number of rotatable bonds is 3. The van der Waals surface area contributed by atoms with Crippen molar-refractivity contribution in [2.45, 2.75) is 44.2 Å². The van der Waals surface area contributed by atoms with Crippen molar-refractivity contribution in [1.82, 2.24) is 4.31 Å². The largest absolute Gasteiger partial charge is 0.326 e. The molecular weight excluding hydrogens is 328 g/mol. The molecule has 6 heteroatoms. The molecule has 0 aliphatic carbocycles. The summed E-state index contributed by atoms with van der Waals surface area (Å²) < 4.78 is 27.7. The van der Waals surface area contributed by atoms with E-state index in [4.69, 9.17) is 5.73 Å². The van der Waals surface area contributed by atoms with E-state index >= 15 is 0 Å². The van der Waals surface area contributed by atoms with Gasteiger partial charge in [-0.15, -0.1) is 0 Å². The molecule has 0 saturated carbocycles. The summed E-state index contributed by atoms with van der Waals surface area (Å²) in [6, 6.07) is 3.66. The Labute approximate surface area is 123 Å². The lowest BCUT2D eigenvalue weighted by Crippen LogP contribution is -2.34.